The van der Waals surface area contributed by atoms with Crippen molar-refractivity contribution in [3.8, 4) is 0 Å². The highest BCUT2D eigenvalue weighted by molar-refractivity contribution is 9.10. The predicted octanol–water partition coefficient (Wildman–Crippen LogP) is 3.09. The Labute approximate surface area is 119 Å². The van der Waals surface area contributed by atoms with Crippen molar-refractivity contribution >= 4 is 45.0 Å². The number of hydrogen-bond acceptors (Lipinski definition) is 2. The van der Waals surface area contributed by atoms with E-state index in [1.54, 1.807) is 25.3 Å². The second-order valence-electron chi connectivity index (χ2n) is 3.42. The fourth-order valence-corrected chi connectivity index (χ4v) is 2.29. The van der Waals surface area contributed by atoms with Crippen LogP contribution in [0.15, 0.2) is 22.7 Å². The van der Waals surface area contributed by atoms with Crippen LogP contribution in [0.2, 0.25) is 5.02 Å². The molecule has 1 rings (SSSR count). The van der Waals surface area contributed by atoms with Gasteiger partial charge in [-0.3, -0.25) is 4.79 Å². The molecule has 3 nitrogen and oxygen atoms in total. The van der Waals surface area contributed by atoms with E-state index in [0.29, 0.717) is 23.7 Å². The number of ether oxygens (including phenoxy) is 1. The summed E-state index contributed by atoms with van der Waals surface area (Å²) in [7, 11) is 1.56. The molecule has 1 atom stereocenters. The minimum absolute atomic E-state index is 0.213. The van der Waals surface area contributed by atoms with E-state index in [-0.39, 0.29) is 11.3 Å². The Hall–Kier alpha value is -0.290. The number of rotatable bonds is 5. The molecule has 0 saturated carbocycles. The van der Waals surface area contributed by atoms with Crippen LogP contribution in [0, 0.1) is 0 Å². The highest BCUT2D eigenvalue weighted by Crippen LogP contribution is 2.19. The molecule has 0 aliphatic rings. The van der Waals surface area contributed by atoms with E-state index in [1.165, 1.54) is 0 Å². The second kappa shape index (κ2) is 7.21. The summed E-state index contributed by atoms with van der Waals surface area (Å²) >= 11 is 15.0. The molecule has 94 valence electrons. The second-order valence-corrected chi connectivity index (χ2v) is 5.39. The zero-order valence-corrected chi connectivity index (χ0v) is 12.3. The Morgan fingerprint density at radius 2 is 2.24 bits per heavy atom. The molecule has 1 unspecified atom stereocenters. The maximum absolute atomic E-state index is 11.8. The first-order valence-electron chi connectivity index (χ1n) is 4.90. The summed E-state index contributed by atoms with van der Waals surface area (Å²) in [4.78, 5) is 11.8. The van der Waals surface area contributed by atoms with Crippen molar-refractivity contribution in [2.24, 2.45) is 0 Å². The summed E-state index contributed by atoms with van der Waals surface area (Å²) in [5, 5.41) is 2.97. The molecular weight excluding hydrogens is 329 g/mol. The van der Waals surface area contributed by atoms with Crippen LogP contribution in [0.5, 0.6) is 0 Å². The van der Waals surface area contributed by atoms with Gasteiger partial charge in [0.25, 0.3) is 5.91 Å². The van der Waals surface area contributed by atoms with Crippen molar-refractivity contribution in [1.82, 2.24) is 5.32 Å². The molecule has 0 heterocycles. The van der Waals surface area contributed by atoms with Crippen molar-refractivity contribution < 1.29 is 9.53 Å². The monoisotopic (exact) mass is 339 g/mol. The number of alkyl halides is 1. The average Bonchev–Trinajstić information content (AvgIpc) is 2.25. The summed E-state index contributed by atoms with van der Waals surface area (Å²) in [5.41, 5.74) is 0.491. The minimum atomic E-state index is -0.244. The van der Waals surface area contributed by atoms with Crippen LogP contribution in [0.4, 0.5) is 0 Å². The molecule has 1 aromatic rings. The molecule has 17 heavy (non-hydrogen) atoms. The maximum Gasteiger partial charge on any atom is 0.251 e. The molecule has 0 radical (unpaired) electrons. The zero-order chi connectivity index (χ0) is 12.8. The SMILES string of the molecule is COCC(Cl)CNC(=O)c1cc(Cl)cc(Br)c1. The molecule has 0 bridgehead atoms. The van der Waals surface area contributed by atoms with Gasteiger partial charge in [-0.25, -0.2) is 0 Å². The lowest BCUT2D eigenvalue weighted by molar-refractivity contribution is 0.0949. The highest BCUT2D eigenvalue weighted by Gasteiger charge is 2.10. The van der Waals surface area contributed by atoms with Crippen LogP contribution < -0.4 is 5.32 Å². The van der Waals surface area contributed by atoms with Crippen molar-refractivity contribution in [3.05, 3.63) is 33.3 Å². The van der Waals surface area contributed by atoms with Gasteiger partial charge in [0.05, 0.1) is 12.0 Å². The van der Waals surface area contributed by atoms with Crippen LogP contribution in [-0.2, 0) is 4.74 Å². The van der Waals surface area contributed by atoms with Gasteiger partial charge in [0, 0.05) is 28.7 Å². The quantitative estimate of drug-likeness (QED) is 0.836. The van der Waals surface area contributed by atoms with Gasteiger partial charge < -0.3 is 10.1 Å². The third kappa shape index (κ3) is 5.25. The topological polar surface area (TPSA) is 38.3 Å². The number of carbonyl (C=O) groups excluding carboxylic acids is 1. The van der Waals surface area contributed by atoms with Gasteiger partial charge in [0.15, 0.2) is 0 Å². The van der Waals surface area contributed by atoms with Crippen molar-refractivity contribution in [1.29, 1.82) is 0 Å². The van der Waals surface area contributed by atoms with Crippen LogP contribution in [0.25, 0.3) is 0 Å². The standard InChI is InChI=1S/C11H12BrCl2NO2/c1-17-6-10(14)5-15-11(16)7-2-8(12)4-9(13)3-7/h2-4,10H,5-6H2,1H3,(H,15,16). The number of methoxy groups -OCH3 is 1. The van der Waals surface area contributed by atoms with Crippen LogP contribution >= 0.6 is 39.1 Å². The first-order chi connectivity index (χ1) is 8.02. The van der Waals surface area contributed by atoms with Gasteiger partial charge in [0.1, 0.15) is 0 Å². The van der Waals surface area contributed by atoms with Crippen LogP contribution in [-0.4, -0.2) is 31.5 Å². The minimum Gasteiger partial charge on any atom is -0.383 e. The molecule has 0 aliphatic heterocycles. The molecule has 0 saturated heterocycles. The fraction of sp³-hybridized carbons (Fsp3) is 0.364. The molecular formula is C11H12BrCl2NO2. The third-order valence-electron chi connectivity index (χ3n) is 1.96. The first-order valence-corrected chi connectivity index (χ1v) is 6.51. The highest BCUT2D eigenvalue weighted by atomic mass is 79.9. The Bertz CT molecular complexity index is 381. The van der Waals surface area contributed by atoms with Crippen LogP contribution in [0.1, 0.15) is 10.4 Å². The van der Waals surface area contributed by atoms with Crippen LogP contribution in [0.3, 0.4) is 0 Å². The summed E-state index contributed by atoms with van der Waals surface area (Å²) in [5.74, 6) is -0.213. The molecule has 0 fully saturated rings. The molecule has 1 N–H and O–H groups in total. The Morgan fingerprint density at radius 3 is 2.82 bits per heavy atom. The van der Waals surface area contributed by atoms with E-state index < -0.39 is 0 Å². The molecule has 1 aromatic carbocycles. The van der Waals surface area contributed by atoms with Gasteiger partial charge in [-0.1, -0.05) is 27.5 Å². The lowest BCUT2D eigenvalue weighted by atomic mass is 10.2. The smallest absolute Gasteiger partial charge is 0.251 e. The summed E-state index contributed by atoms with van der Waals surface area (Å²) < 4.78 is 5.63. The summed E-state index contributed by atoms with van der Waals surface area (Å²) in [6, 6.07) is 5.01. The molecule has 0 aliphatic carbocycles. The normalized spacial score (nSPS) is 12.2. The Kier molecular flexibility index (Phi) is 6.27. The predicted molar refractivity (Wildman–Crippen MR) is 73.0 cm³/mol. The van der Waals surface area contributed by atoms with Gasteiger partial charge in [0.2, 0.25) is 0 Å². The van der Waals surface area contributed by atoms with Gasteiger partial charge in [-0.05, 0) is 18.2 Å². The number of hydrogen-bond donors (Lipinski definition) is 1. The van der Waals surface area contributed by atoms with Gasteiger partial charge in [-0.2, -0.15) is 0 Å². The fourth-order valence-electron chi connectivity index (χ4n) is 1.23. The Balaban J connectivity index is 2.58. The van der Waals surface area contributed by atoms with Gasteiger partial charge >= 0.3 is 0 Å². The number of carbonyl (C=O) groups is 1. The van der Waals surface area contributed by atoms with Crippen molar-refractivity contribution in [2.75, 3.05) is 20.3 Å². The van der Waals surface area contributed by atoms with E-state index >= 15 is 0 Å². The lowest BCUT2D eigenvalue weighted by Crippen LogP contribution is -2.31. The van der Waals surface area contributed by atoms with Gasteiger partial charge in [-0.15, -0.1) is 11.6 Å². The number of halogens is 3. The summed E-state index contributed by atoms with van der Waals surface area (Å²) in [6.07, 6.45) is 0. The number of benzene rings is 1. The van der Waals surface area contributed by atoms with E-state index in [9.17, 15) is 4.79 Å². The largest absolute Gasteiger partial charge is 0.383 e. The number of amides is 1. The van der Waals surface area contributed by atoms with E-state index in [2.05, 4.69) is 21.2 Å². The van der Waals surface area contributed by atoms with E-state index in [4.69, 9.17) is 27.9 Å². The summed E-state index contributed by atoms with van der Waals surface area (Å²) in [6.45, 7) is 0.736. The molecule has 0 aromatic heterocycles. The Morgan fingerprint density at radius 1 is 1.53 bits per heavy atom. The third-order valence-corrected chi connectivity index (χ3v) is 2.91. The van der Waals surface area contributed by atoms with E-state index in [1.807, 2.05) is 0 Å². The number of nitrogens with one attached hydrogen (secondary N) is 1. The molecule has 1 amide bonds. The maximum atomic E-state index is 11.8. The lowest BCUT2D eigenvalue weighted by Gasteiger charge is -2.10. The van der Waals surface area contributed by atoms with Crippen molar-refractivity contribution in [3.63, 3.8) is 0 Å². The van der Waals surface area contributed by atoms with Crippen molar-refractivity contribution in [2.45, 2.75) is 5.38 Å². The average molecular weight is 341 g/mol. The zero-order valence-electron chi connectivity index (χ0n) is 9.17. The molecule has 6 heteroatoms. The first kappa shape index (κ1) is 14.8. The molecule has 0 spiro atoms. The van der Waals surface area contributed by atoms with E-state index in [0.717, 1.165) is 4.47 Å².